The fourth-order valence-corrected chi connectivity index (χ4v) is 2.99. The molecule has 0 fully saturated rings. The maximum Gasteiger partial charge on any atom is 0.322 e. The van der Waals surface area contributed by atoms with Crippen LogP contribution in [0.2, 0.25) is 0 Å². The lowest BCUT2D eigenvalue weighted by Gasteiger charge is -2.23. The van der Waals surface area contributed by atoms with Crippen LogP contribution in [-0.4, -0.2) is 17.7 Å². The van der Waals surface area contributed by atoms with Crippen LogP contribution in [0.25, 0.3) is 0 Å². The van der Waals surface area contributed by atoms with Crippen LogP contribution in [0.5, 0.6) is 11.5 Å². The molecule has 0 atom stereocenters. The van der Waals surface area contributed by atoms with E-state index in [1.807, 2.05) is 78.9 Å². The first-order valence-electron chi connectivity index (χ1n) is 8.81. The number of hydrogen-bond donors (Lipinski definition) is 1. The lowest BCUT2D eigenvalue weighted by molar-refractivity contribution is 0.174. The van der Waals surface area contributed by atoms with E-state index in [1.54, 1.807) is 4.90 Å². The number of carbonyl (C=O) groups is 1. The van der Waals surface area contributed by atoms with Crippen molar-refractivity contribution in [2.45, 2.75) is 13.1 Å². The molecule has 0 radical (unpaired) electrons. The van der Waals surface area contributed by atoms with Crippen LogP contribution in [0, 0.1) is 0 Å². The van der Waals surface area contributed by atoms with E-state index < -0.39 is 0 Å². The van der Waals surface area contributed by atoms with Crippen molar-refractivity contribution in [2.24, 2.45) is 0 Å². The van der Waals surface area contributed by atoms with Crippen molar-refractivity contribution in [2.75, 3.05) is 12.1 Å². The van der Waals surface area contributed by atoms with Crippen molar-refractivity contribution >= 4 is 11.7 Å². The third-order valence-corrected chi connectivity index (χ3v) is 4.34. The van der Waals surface area contributed by atoms with Crippen LogP contribution in [0.4, 0.5) is 10.5 Å². The van der Waals surface area contributed by atoms with Crippen molar-refractivity contribution in [3.63, 3.8) is 0 Å². The summed E-state index contributed by atoms with van der Waals surface area (Å²) < 4.78 is 10.8. The Kier molecular flexibility index (Phi) is 4.92. The molecule has 0 aliphatic carbocycles. The van der Waals surface area contributed by atoms with Gasteiger partial charge in [0.25, 0.3) is 0 Å². The van der Waals surface area contributed by atoms with Gasteiger partial charge in [-0.25, -0.2) is 4.79 Å². The van der Waals surface area contributed by atoms with E-state index in [-0.39, 0.29) is 12.8 Å². The number of hydrogen-bond acceptors (Lipinski definition) is 3. The number of fused-ring (bicyclic) bond motifs is 1. The molecule has 1 heterocycles. The van der Waals surface area contributed by atoms with Crippen LogP contribution < -0.4 is 14.8 Å². The molecule has 5 nitrogen and oxygen atoms in total. The molecular formula is C22H20N2O3. The predicted molar refractivity (Wildman–Crippen MR) is 104 cm³/mol. The van der Waals surface area contributed by atoms with Crippen molar-refractivity contribution < 1.29 is 14.3 Å². The standard InChI is InChI=1S/C22H20N2O3/c25-22(23-19-9-5-2-6-10-19)24(14-17-7-3-1-4-8-17)15-18-11-12-20-21(13-18)27-16-26-20/h1-13H,14-16H2,(H,23,25). The van der Waals surface area contributed by atoms with Crippen LogP contribution in [0.1, 0.15) is 11.1 Å². The van der Waals surface area contributed by atoms with Crippen molar-refractivity contribution in [1.29, 1.82) is 0 Å². The lowest BCUT2D eigenvalue weighted by atomic mass is 10.1. The highest BCUT2D eigenvalue weighted by atomic mass is 16.7. The first-order chi connectivity index (χ1) is 13.3. The Labute approximate surface area is 158 Å². The maximum atomic E-state index is 12.9. The van der Waals surface area contributed by atoms with E-state index in [4.69, 9.17) is 9.47 Å². The Hall–Kier alpha value is -3.47. The largest absolute Gasteiger partial charge is 0.454 e. The summed E-state index contributed by atoms with van der Waals surface area (Å²) in [5.74, 6) is 1.46. The third-order valence-electron chi connectivity index (χ3n) is 4.34. The Morgan fingerprint density at radius 2 is 1.48 bits per heavy atom. The van der Waals surface area contributed by atoms with Gasteiger partial charge in [0.05, 0.1) is 0 Å². The summed E-state index contributed by atoms with van der Waals surface area (Å²) in [6, 6.07) is 25.0. The second-order valence-electron chi connectivity index (χ2n) is 6.33. The molecule has 0 aromatic heterocycles. The normalized spacial score (nSPS) is 11.9. The molecule has 27 heavy (non-hydrogen) atoms. The first-order valence-corrected chi connectivity index (χ1v) is 8.81. The molecule has 0 saturated heterocycles. The zero-order valence-corrected chi connectivity index (χ0v) is 14.8. The van der Waals surface area contributed by atoms with E-state index in [2.05, 4.69) is 5.32 Å². The minimum Gasteiger partial charge on any atom is -0.454 e. The second-order valence-corrected chi connectivity index (χ2v) is 6.33. The van der Waals surface area contributed by atoms with Gasteiger partial charge in [0.1, 0.15) is 0 Å². The number of ether oxygens (including phenoxy) is 2. The zero-order valence-electron chi connectivity index (χ0n) is 14.8. The highest BCUT2D eigenvalue weighted by Gasteiger charge is 2.18. The smallest absolute Gasteiger partial charge is 0.322 e. The number of para-hydroxylation sites is 1. The maximum absolute atomic E-state index is 12.9. The van der Waals surface area contributed by atoms with Crippen LogP contribution in [0.15, 0.2) is 78.9 Å². The SMILES string of the molecule is O=C(Nc1ccccc1)N(Cc1ccccc1)Cc1ccc2c(c1)OCO2. The van der Waals surface area contributed by atoms with Gasteiger partial charge >= 0.3 is 6.03 Å². The van der Waals surface area contributed by atoms with Crippen LogP contribution in [-0.2, 0) is 13.1 Å². The number of carbonyl (C=O) groups excluding carboxylic acids is 1. The molecule has 2 amide bonds. The number of urea groups is 1. The Morgan fingerprint density at radius 1 is 0.815 bits per heavy atom. The Morgan fingerprint density at radius 3 is 2.26 bits per heavy atom. The van der Waals surface area contributed by atoms with Gasteiger partial charge in [0, 0.05) is 18.8 Å². The fourth-order valence-electron chi connectivity index (χ4n) is 2.99. The highest BCUT2D eigenvalue weighted by Crippen LogP contribution is 2.33. The number of nitrogens with one attached hydrogen (secondary N) is 1. The molecule has 0 unspecified atom stereocenters. The van der Waals surface area contributed by atoms with Crippen LogP contribution >= 0.6 is 0 Å². The fraction of sp³-hybridized carbons (Fsp3) is 0.136. The van der Waals surface area contributed by atoms with Gasteiger partial charge in [-0.15, -0.1) is 0 Å². The molecule has 1 aliphatic heterocycles. The van der Waals surface area contributed by atoms with Gasteiger partial charge < -0.3 is 19.7 Å². The number of amides is 2. The average molecular weight is 360 g/mol. The third kappa shape index (κ3) is 4.20. The molecule has 4 rings (SSSR count). The van der Waals surface area contributed by atoms with E-state index >= 15 is 0 Å². The van der Waals surface area contributed by atoms with Crippen LogP contribution in [0.3, 0.4) is 0 Å². The molecule has 0 bridgehead atoms. The highest BCUT2D eigenvalue weighted by molar-refractivity contribution is 5.89. The molecule has 1 N–H and O–H groups in total. The number of nitrogens with zero attached hydrogens (tertiary/aromatic N) is 1. The molecule has 3 aromatic rings. The second kappa shape index (κ2) is 7.83. The Bertz CT molecular complexity index is 913. The summed E-state index contributed by atoms with van der Waals surface area (Å²) in [7, 11) is 0. The van der Waals surface area contributed by atoms with Gasteiger partial charge in [-0.05, 0) is 35.4 Å². The van der Waals surface area contributed by atoms with Gasteiger partial charge in [-0.2, -0.15) is 0 Å². The first kappa shape index (κ1) is 17.0. The molecular weight excluding hydrogens is 340 g/mol. The van der Waals surface area contributed by atoms with E-state index in [0.29, 0.717) is 13.1 Å². The zero-order chi connectivity index (χ0) is 18.5. The summed E-state index contributed by atoms with van der Waals surface area (Å²) in [6.07, 6.45) is 0. The molecule has 0 spiro atoms. The summed E-state index contributed by atoms with van der Waals surface area (Å²) in [5.41, 5.74) is 2.83. The average Bonchev–Trinajstić information content (AvgIpc) is 3.17. The molecule has 1 aliphatic rings. The summed E-state index contributed by atoms with van der Waals surface area (Å²) in [5, 5.41) is 2.97. The molecule has 3 aromatic carbocycles. The molecule has 136 valence electrons. The predicted octanol–water partition coefficient (Wildman–Crippen LogP) is 4.65. The summed E-state index contributed by atoms with van der Waals surface area (Å²) in [6.45, 7) is 1.21. The van der Waals surface area contributed by atoms with Crippen molar-refractivity contribution in [3.8, 4) is 11.5 Å². The quantitative estimate of drug-likeness (QED) is 0.720. The van der Waals surface area contributed by atoms with Gasteiger partial charge in [-0.3, -0.25) is 0 Å². The van der Waals surface area contributed by atoms with Gasteiger partial charge in [0.2, 0.25) is 6.79 Å². The topological polar surface area (TPSA) is 50.8 Å². The summed E-state index contributed by atoms with van der Waals surface area (Å²) >= 11 is 0. The van der Waals surface area contributed by atoms with Gasteiger partial charge in [0.15, 0.2) is 11.5 Å². The van der Waals surface area contributed by atoms with E-state index in [1.165, 1.54) is 0 Å². The number of benzene rings is 3. The van der Waals surface area contributed by atoms with Crippen molar-refractivity contribution in [1.82, 2.24) is 4.90 Å². The van der Waals surface area contributed by atoms with Crippen molar-refractivity contribution in [3.05, 3.63) is 90.0 Å². The lowest BCUT2D eigenvalue weighted by Crippen LogP contribution is -2.34. The minimum atomic E-state index is -0.150. The number of rotatable bonds is 5. The molecule has 5 heteroatoms. The monoisotopic (exact) mass is 360 g/mol. The summed E-state index contributed by atoms with van der Waals surface area (Å²) in [4.78, 5) is 14.7. The Balaban J connectivity index is 1.54. The van der Waals surface area contributed by atoms with E-state index in [0.717, 1.165) is 28.3 Å². The minimum absolute atomic E-state index is 0.150. The molecule has 0 saturated carbocycles. The number of anilines is 1. The van der Waals surface area contributed by atoms with E-state index in [9.17, 15) is 4.79 Å². The van der Waals surface area contributed by atoms with Gasteiger partial charge in [-0.1, -0.05) is 54.6 Å².